The maximum atomic E-state index is 11.5. The highest BCUT2D eigenvalue weighted by molar-refractivity contribution is 9.10. The van der Waals surface area contributed by atoms with E-state index in [4.69, 9.17) is 9.47 Å². The number of halogens is 1. The number of rotatable bonds is 3. The van der Waals surface area contributed by atoms with Crippen LogP contribution in [0, 0.1) is 0 Å². The molecular formula is C11H16BrN3O4. The van der Waals surface area contributed by atoms with Crippen LogP contribution >= 0.6 is 15.9 Å². The average Bonchev–Trinajstić information content (AvgIpc) is 2.56. The summed E-state index contributed by atoms with van der Waals surface area (Å²) in [6.45, 7) is 7.17. The van der Waals surface area contributed by atoms with Gasteiger partial charge in [0.15, 0.2) is 5.69 Å². The van der Waals surface area contributed by atoms with Gasteiger partial charge in [-0.15, -0.1) is 0 Å². The first kappa shape index (κ1) is 15.5. The Kier molecular flexibility index (Phi) is 4.93. The van der Waals surface area contributed by atoms with Crippen molar-refractivity contribution >= 4 is 33.9 Å². The molecule has 8 heteroatoms. The maximum Gasteiger partial charge on any atom is 0.414 e. The van der Waals surface area contributed by atoms with E-state index in [0.717, 1.165) is 0 Å². The summed E-state index contributed by atoms with van der Waals surface area (Å²) in [4.78, 5) is 29.6. The summed E-state index contributed by atoms with van der Waals surface area (Å²) in [6, 6.07) is 0. The Morgan fingerprint density at radius 3 is 2.58 bits per heavy atom. The molecule has 0 aliphatic carbocycles. The smallest absolute Gasteiger partial charge is 0.414 e. The number of imidazole rings is 1. The molecule has 0 fully saturated rings. The van der Waals surface area contributed by atoms with Gasteiger partial charge in [0.25, 0.3) is 0 Å². The molecule has 1 heterocycles. The van der Waals surface area contributed by atoms with Crippen LogP contribution in [0.5, 0.6) is 0 Å². The zero-order valence-corrected chi connectivity index (χ0v) is 12.8. The number of esters is 1. The topological polar surface area (TPSA) is 93.3 Å². The molecule has 0 radical (unpaired) electrons. The fourth-order valence-electron chi connectivity index (χ4n) is 1.15. The minimum atomic E-state index is -0.663. The first-order chi connectivity index (χ1) is 8.73. The van der Waals surface area contributed by atoms with E-state index in [9.17, 15) is 9.59 Å². The lowest BCUT2D eigenvalue weighted by molar-refractivity contribution is 0.0517. The third-order valence-electron chi connectivity index (χ3n) is 1.75. The molecule has 0 atom stereocenters. The first-order valence-electron chi connectivity index (χ1n) is 5.65. The molecule has 0 saturated heterocycles. The Morgan fingerprint density at radius 2 is 2.05 bits per heavy atom. The Balaban J connectivity index is 2.74. The second-order valence-corrected chi connectivity index (χ2v) is 5.39. The molecule has 1 rings (SSSR count). The lowest BCUT2D eigenvalue weighted by Crippen LogP contribution is -2.27. The lowest BCUT2D eigenvalue weighted by atomic mass is 10.2. The number of hydrogen-bond acceptors (Lipinski definition) is 5. The van der Waals surface area contributed by atoms with E-state index >= 15 is 0 Å². The van der Waals surface area contributed by atoms with Gasteiger partial charge in [-0.05, 0) is 43.6 Å². The highest BCUT2D eigenvalue weighted by Gasteiger charge is 2.20. The minimum absolute atomic E-state index is 0.0629. The number of H-pyrrole nitrogens is 1. The van der Waals surface area contributed by atoms with Crippen molar-refractivity contribution in [1.82, 2.24) is 9.97 Å². The summed E-state index contributed by atoms with van der Waals surface area (Å²) in [5.74, 6) is -0.480. The maximum absolute atomic E-state index is 11.5. The minimum Gasteiger partial charge on any atom is -0.461 e. The Labute approximate surface area is 119 Å². The van der Waals surface area contributed by atoms with Crippen molar-refractivity contribution in [3.05, 3.63) is 10.3 Å². The third-order valence-corrected chi connectivity index (χ3v) is 2.32. The monoisotopic (exact) mass is 333 g/mol. The number of nitrogens with one attached hydrogen (secondary N) is 2. The van der Waals surface area contributed by atoms with E-state index in [2.05, 4.69) is 31.2 Å². The second-order valence-electron chi connectivity index (χ2n) is 4.60. The number of hydrogen-bond donors (Lipinski definition) is 2. The number of carbonyl (C=O) groups is 2. The number of aromatic amines is 1. The van der Waals surface area contributed by atoms with Gasteiger partial charge in [0.1, 0.15) is 10.2 Å². The fraction of sp³-hybridized carbons (Fsp3) is 0.545. The predicted octanol–water partition coefficient (Wildman–Crippen LogP) is 2.70. The zero-order valence-electron chi connectivity index (χ0n) is 11.2. The van der Waals surface area contributed by atoms with Crippen LogP contribution in [-0.2, 0) is 9.47 Å². The van der Waals surface area contributed by atoms with Crippen LogP contribution in [0.3, 0.4) is 0 Å². The molecule has 0 saturated carbocycles. The van der Waals surface area contributed by atoms with Gasteiger partial charge in [0.05, 0.1) is 6.61 Å². The molecule has 106 valence electrons. The zero-order chi connectivity index (χ0) is 14.6. The fourth-order valence-corrected chi connectivity index (χ4v) is 1.58. The Bertz CT molecular complexity index is 479. The van der Waals surface area contributed by atoms with Crippen molar-refractivity contribution in [3.63, 3.8) is 0 Å². The molecule has 0 unspecified atom stereocenters. The van der Waals surface area contributed by atoms with Gasteiger partial charge >= 0.3 is 12.1 Å². The summed E-state index contributed by atoms with van der Waals surface area (Å²) in [5.41, 5.74) is -0.550. The van der Waals surface area contributed by atoms with Crippen LogP contribution in [0.4, 0.5) is 10.7 Å². The van der Waals surface area contributed by atoms with Gasteiger partial charge in [-0.25, -0.2) is 14.6 Å². The molecule has 0 aliphatic heterocycles. The van der Waals surface area contributed by atoms with Crippen molar-refractivity contribution in [1.29, 1.82) is 0 Å². The lowest BCUT2D eigenvalue weighted by Gasteiger charge is -2.18. The van der Waals surface area contributed by atoms with E-state index in [1.165, 1.54) is 0 Å². The summed E-state index contributed by atoms with van der Waals surface area (Å²) in [5, 5.41) is 2.39. The highest BCUT2D eigenvalue weighted by atomic mass is 79.9. The highest BCUT2D eigenvalue weighted by Crippen LogP contribution is 2.18. The molecule has 7 nitrogen and oxygen atoms in total. The van der Waals surface area contributed by atoms with E-state index in [-0.39, 0.29) is 18.2 Å². The van der Waals surface area contributed by atoms with Crippen LogP contribution in [-0.4, -0.2) is 34.2 Å². The summed E-state index contributed by atoms with van der Waals surface area (Å²) in [6.07, 6.45) is -0.663. The molecule has 0 bridgehead atoms. The van der Waals surface area contributed by atoms with Crippen LogP contribution in [0.2, 0.25) is 0 Å². The second kappa shape index (κ2) is 6.05. The number of carbonyl (C=O) groups excluding carboxylic acids is 2. The quantitative estimate of drug-likeness (QED) is 0.829. The third kappa shape index (κ3) is 4.90. The molecule has 1 aromatic rings. The molecular weight excluding hydrogens is 318 g/mol. The van der Waals surface area contributed by atoms with Crippen molar-refractivity contribution in [2.24, 2.45) is 0 Å². The molecule has 0 spiro atoms. The van der Waals surface area contributed by atoms with Crippen LogP contribution in [0.1, 0.15) is 38.2 Å². The van der Waals surface area contributed by atoms with Gasteiger partial charge in [-0.2, -0.15) is 0 Å². The molecule has 0 aromatic carbocycles. The molecule has 19 heavy (non-hydrogen) atoms. The first-order valence-corrected chi connectivity index (χ1v) is 6.45. The van der Waals surface area contributed by atoms with Crippen molar-refractivity contribution < 1.29 is 19.1 Å². The standard InChI is InChI=1S/C11H16BrN3O4/c1-5-18-8(16)6-7(12)14-9(13-6)15-10(17)19-11(2,3)4/h5H2,1-4H3,(H2,13,14,15,17). The van der Waals surface area contributed by atoms with E-state index in [0.29, 0.717) is 4.60 Å². The number of anilines is 1. The predicted molar refractivity (Wildman–Crippen MR) is 72.1 cm³/mol. The van der Waals surface area contributed by atoms with Crippen LogP contribution in [0.15, 0.2) is 4.60 Å². The normalized spacial score (nSPS) is 11.0. The van der Waals surface area contributed by atoms with Crippen molar-refractivity contribution in [2.75, 3.05) is 11.9 Å². The number of nitrogens with zero attached hydrogens (tertiary/aromatic N) is 1. The SMILES string of the molecule is CCOC(=O)c1nc(NC(=O)OC(C)(C)C)[nH]c1Br. The van der Waals surface area contributed by atoms with Crippen molar-refractivity contribution in [3.8, 4) is 0 Å². The summed E-state index contributed by atoms with van der Waals surface area (Å²) >= 11 is 3.13. The van der Waals surface area contributed by atoms with Gasteiger partial charge in [0, 0.05) is 0 Å². The van der Waals surface area contributed by atoms with Crippen LogP contribution in [0.25, 0.3) is 0 Å². The molecule has 1 aromatic heterocycles. The van der Waals surface area contributed by atoms with Gasteiger partial charge < -0.3 is 14.5 Å². The van der Waals surface area contributed by atoms with E-state index in [1.807, 2.05) is 0 Å². The van der Waals surface area contributed by atoms with Crippen molar-refractivity contribution in [2.45, 2.75) is 33.3 Å². The Hall–Kier alpha value is -1.57. The summed E-state index contributed by atoms with van der Waals surface area (Å²) in [7, 11) is 0. The summed E-state index contributed by atoms with van der Waals surface area (Å²) < 4.78 is 10.2. The van der Waals surface area contributed by atoms with Crippen LogP contribution < -0.4 is 5.32 Å². The number of aromatic nitrogens is 2. The van der Waals surface area contributed by atoms with E-state index in [1.54, 1.807) is 27.7 Å². The number of ether oxygens (including phenoxy) is 2. The largest absolute Gasteiger partial charge is 0.461 e. The molecule has 0 aliphatic rings. The van der Waals surface area contributed by atoms with E-state index < -0.39 is 17.7 Å². The molecule has 2 N–H and O–H groups in total. The Morgan fingerprint density at radius 1 is 1.42 bits per heavy atom. The van der Waals surface area contributed by atoms with Gasteiger partial charge in [-0.1, -0.05) is 0 Å². The number of amides is 1. The average molecular weight is 334 g/mol. The molecule has 1 amide bonds. The van der Waals surface area contributed by atoms with Gasteiger partial charge in [0.2, 0.25) is 5.95 Å². The van der Waals surface area contributed by atoms with Gasteiger partial charge in [-0.3, -0.25) is 5.32 Å².